The maximum Gasteiger partial charge on any atom is 0.298 e. The van der Waals surface area contributed by atoms with Crippen molar-refractivity contribution in [1.29, 1.82) is 0 Å². The molecule has 1 atom stereocenters. The fraction of sp³-hybridized carbons (Fsp3) is 0.368. The first-order chi connectivity index (χ1) is 13.1. The van der Waals surface area contributed by atoms with Gasteiger partial charge in [0.15, 0.2) is 5.75 Å². The molecule has 0 bridgehead atoms. The Bertz CT molecular complexity index is 795. The number of aromatic nitrogens is 2. The minimum Gasteiger partial charge on any atom is -0.427 e. The van der Waals surface area contributed by atoms with Gasteiger partial charge < -0.3 is 15.4 Å². The van der Waals surface area contributed by atoms with Crippen LogP contribution in [0.5, 0.6) is 5.75 Å². The van der Waals surface area contributed by atoms with E-state index in [2.05, 4.69) is 10.2 Å². The Hall–Kier alpha value is -2.51. The molecule has 1 aromatic carbocycles. The lowest BCUT2D eigenvalue weighted by Gasteiger charge is -2.35. The number of rotatable bonds is 6. The molecule has 2 aromatic rings. The number of carbonyl (C=O) groups excluding carboxylic acids is 2. The molecule has 7 nitrogen and oxygen atoms in total. The van der Waals surface area contributed by atoms with Crippen LogP contribution in [-0.4, -0.2) is 46.6 Å². The van der Waals surface area contributed by atoms with Gasteiger partial charge in [0, 0.05) is 19.1 Å². The van der Waals surface area contributed by atoms with Crippen LogP contribution in [0.25, 0.3) is 0 Å². The molecule has 1 aliphatic heterocycles. The summed E-state index contributed by atoms with van der Waals surface area (Å²) in [4.78, 5) is 25.0. The molecule has 0 spiro atoms. The van der Waals surface area contributed by atoms with E-state index < -0.39 is 0 Å². The molecule has 1 unspecified atom stereocenters. The van der Waals surface area contributed by atoms with Crippen LogP contribution in [0.2, 0.25) is 5.02 Å². The second-order valence-electron chi connectivity index (χ2n) is 6.57. The SMILES string of the molecule is NC(Cc1cccc(Cl)c1OC=O)C1CCN(C(=O)c2ccnnc2)CC1. The second-order valence-corrected chi connectivity index (χ2v) is 6.98. The van der Waals surface area contributed by atoms with Crippen molar-refractivity contribution in [2.75, 3.05) is 13.1 Å². The number of piperidine rings is 1. The highest BCUT2D eigenvalue weighted by molar-refractivity contribution is 6.32. The van der Waals surface area contributed by atoms with Gasteiger partial charge in [0.2, 0.25) is 0 Å². The van der Waals surface area contributed by atoms with Gasteiger partial charge in [-0.1, -0.05) is 23.7 Å². The van der Waals surface area contributed by atoms with Gasteiger partial charge in [-0.25, -0.2) is 0 Å². The van der Waals surface area contributed by atoms with E-state index in [9.17, 15) is 9.59 Å². The quantitative estimate of drug-likeness (QED) is 0.761. The van der Waals surface area contributed by atoms with Crippen molar-refractivity contribution in [1.82, 2.24) is 15.1 Å². The highest BCUT2D eigenvalue weighted by Crippen LogP contribution is 2.31. The molecule has 8 heteroatoms. The third-order valence-corrected chi connectivity index (χ3v) is 5.23. The van der Waals surface area contributed by atoms with E-state index in [4.69, 9.17) is 22.1 Å². The molecular formula is C19H21ClN4O3. The number of hydrogen-bond acceptors (Lipinski definition) is 6. The number of ether oxygens (including phenoxy) is 1. The summed E-state index contributed by atoms with van der Waals surface area (Å²) < 4.78 is 5.02. The smallest absolute Gasteiger partial charge is 0.298 e. The first-order valence-corrected chi connectivity index (χ1v) is 9.17. The molecule has 27 heavy (non-hydrogen) atoms. The Morgan fingerprint density at radius 3 is 2.78 bits per heavy atom. The summed E-state index contributed by atoms with van der Waals surface area (Å²) in [6.45, 7) is 1.66. The molecule has 3 rings (SSSR count). The van der Waals surface area contributed by atoms with Gasteiger partial charge in [0.25, 0.3) is 12.4 Å². The zero-order chi connectivity index (χ0) is 19.2. The summed E-state index contributed by atoms with van der Waals surface area (Å²) in [6, 6.07) is 6.90. The molecule has 2 heterocycles. The van der Waals surface area contributed by atoms with E-state index in [0.717, 1.165) is 18.4 Å². The van der Waals surface area contributed by atoms with Gasteiger partial charge in [-0.2, -0.15) is 10.2 Å². The fourth-order valence-corrected chi connectivity index (χ4v) is 3.68. The van der Waals surface area contributed by atoms with Crippen LogP contribution in [0.3, 0.4) is 0 Å². The topological polar surface area (TPSA) is 98.4 Å². The van der Waals surface area contributed by atoms with E-state index in [1.54, 1.807) is 12.1 Å². The number of para-hydroxylation sites is 1. The molecule has 1 aromatic heterocycles. The first-order valence-electron chi connectivity index (χ1n) is 8.79. The van der Waals surface area contributed by atoms with Crippen molar-refractivity contribution in [2.24, 2.45) is 11.7 Å². The van der Waals surface area contributed by atoms with E-state index in [-0.39, 0.29) is 17.9 Å². The summed E-state index contributed by atoms with van der Waals surface area (Å²) >= 11 is 6.11. The molecule has 1 saturated heterocycles. The minimum atomic E-state index is -0.114. The summed E-state index contributed by atoms with van der Waals surface area (Å²) in [5, 5.41) is 7.84. The third kappa shape index (κ3) is 4.61. The van der Waals surface area contributed by atoms with Crippen LogP contribution >= 0.6 is 11.6 Å². The van der Waals surface area contributed by atoms with Crippen LogP contribution in [-0.2, 0) is 11.2 Å². The molecular weight excluding hydrogens is 368 g/mol. The van der Waals surface area contributed by atoms with Crippen LogP contribution in [0.1, 0.15) is 28.8 Å². The molecule has 0 radical (unpaired) electrons. The number of carbonyl (C=O) groups is 2. The van der Waals surface area contributed by atoms with Crippen LogP contribution < -0.4 is 10.5 Å². The predicted molar refractivity (Wildman–Crippen MR) is 100 cm³/mol. The standard InChI is InChI=1S/C19H21ClN4O3/c20-16-3-1-2-14(18(16)27-12-25)10-17(21)13-5-8-24(9-6-13)19(26)15-4-7-22-23-11-15/h1-4,7,11-13,17H,5-6,8-10,21H2. The Labute approximate surface area is 162 Å². The first kappa shape index (κ1) is 19.3. The summed E-state index contributed by atoms with van der Waals surface area (Å²) in [5.41, 5.74) is 7.77. The number of halogens is 1. The van der Waals surface area contributed by atoms with Gasteiger partial charge in [0.1, 0.15) is 0 Å². The summed E-state index contributed by atoms with van der Waals surface area (Å²) in [5.74, 6) is 0.600. The zero-order valence-corrected chi connectivity index (χ0v) is 15.5. The van der Waals surface area contributed by atoms with Crippen LogP contribution in [0.15, 0.2) is 36.7 Å². The van der Waals surface area contributed by atoms with Gasteiger partial charge in [-0.15, -0.1) is 0 Å². The number of likely N-dealkylation sites (tertiary alicyclic amines) is 1. The van der Waals surface area contributed by atoms with Gasteiger partial charge in [0.05, 0.1) is 23.0 Å². The lowest BCUT2D eigenvalue weighted by Crippen LogP contribution is -2.44. The molecule has 0 saturated carbocycles. The van der Waals surface area contributed by atoms with Crippen LogP contribution in [0, 0.1) is 5.92 Å². The van der Waals surface area contributed by atoms with E-state index in [1.165, 1.54) is 12.4 Å². The molecule has 2 N–H and O–H groups in total. The van der Waals surface area contributed by atoms with Gasteiger partial charge >= 0.3 is 0 Å². The highest BCUT2D eigenvalue weighted by atomic mass is 35.5. The Morgan fingerprint density at radius 2 is 2.11 bits per heavy atom. The number of amides is 1. The average molecular weight is 389 g/mol. The minimum absolute atomic E-state index is 0.0339. The zero-order valence-electron chi connectivity index (χ0n) is 14.8. The highest BCUT2D eigenvalue weighted by Gasteiger charge is 2.28. The number of nitrogens with two attached hydrogens (primary N) is 1. The monoisotopic (exact) mass is 388 g/mol. The Morgan fingerprint density at radius 1 is 1.33 bits per heavy atom. The largest absolute Gasteiger partial charge is 0.427 e. The predicted octanol–water partition coefficient (Wildman–Crippen LogP) is 2.09. The molecule has 142 valence electrons. The molecule has 1 fully saturated rings. The average Bonchev–Trinajstić information content (AvgIpc) is 2.71. The number of hydrogen-bond donors (Lipinski definition) is 1. The lowest BCUT2D eigenvalue weighted by atomic mass is 9.86. The Balaban J connectivity index is 1.59. The normalized spacial score (nSPS) is 16.0. The number of benzene rings is 1. The van der Waals surface area contributed by atoms with Crippen molar-refractivity contribution < 1.29 is 14.3 Å². The van der Waals surface area contributed by atoms with Gasteiger partial charge in [-0.3, -0.25) is 9.59 Å². The third-order valence-electron chi connectivity index (χ3n) is 4.93. The van der Waals surface area contributed by atoms with Crippen molar-refractivity contribution in [3.8, 4) is 5.75 Å². The maximum atomic E-state index is 12.5. The molecule has 0 aliphatic carbocycles. The van der Waals surface area contributed by atoms with Crippen LogP contribution in [0.4, 0.5) is 0 Å². The Kier molecular flexibility index (Phi) is 6.36. The van der Waals surface area contributed by atoms with Crippen molar-refractivity contribution in [3.05, 3.63) is 52.8 Å². The van der Waals surface area contributed by atoms with E-state index in [0.29, 0.717) is 42.3 Å². The fourth-order valence-electron chi connectivity index (χ4n) is 3.45. The summed E-state index contributed by atoms with van der Waals surface area (Å²) in [7, 11) is 0. The van der Waals surface area contributed by atoms with Crippen molar-refractivity contribution in [2.45, 2.75) is 25.3 Å². The van der Waals surface area contributed by atoms with Crippen molar-refractivity contribution in [3.63, 3.8) is 0 Å². The maximum absolute atomic E-state index is 12.5. The molecule has 1 aliphatic rings. The van der Waals surface area contributed by atoms with E-state index in [1.807, 2.05) is 17.0 Å². The lowest BCUT2D eigenvalue weighted by molar-refractivity contribution is -0.120. The molecule has 1 amide bonds. The second kappa shape index (κ2) is 8.92. The number of nitrogens with zero attached hydrogens (tertiary/aromatic N) is 3. The summed E-state index contributed by atoms with van der Waals surface area (Å²) in [6.07, 6.45) is 5.18. The van der Waals surface area contributed by atoms with Gasteiger partial charge in [-0.05, 0) is 42.9 Å². The van der Waals surface area contributed by atoms with E-state index >= 15 is 0 Å². The van der Waals surface area contributed by atoms with Crippen molar-refractivity contribution >= 4 is 24.0 Å².